The summed E-state index contributed by atoms with van der Waals surface area (Å²) in [6.07, 6.45) is 0. The van der Waals surface area contributed by atoms with Gasteiger partial charge in [0.25, 0.3) is 0 Å². The van der Waals surface area contributed by atoms with Crippen molar-refractivity contribution in [2.24, 2.45) is 4.99 Å². The van der Waals surface area contributed by atoms with Crippen LogP contribution in [0.1, 0.15) is 24.3 Å². The van der Waals surface area contributed by atoms with Crippen molar-refractivity contribution in [2.75, 3.05) is 20.7 Å². The molecule has 0 bridgehead atoms. The molecule has 112 valence electrons. The SMILES string of the molecule is CCOC(=O)c1[nH]c2ccc(Br)cc2c1N=C(C)N(C)C. The average molecular weight is 352 g/mol. The smallest absolute Gasteiger partial charge is 0.357 e. The second kappa shape index (κ2) is 6.30. The van der Waals surface area contributed by atoms with E-state index in [-0.39, 0.29) is 0 Å². The molecule has 21 heavy (non-hydrogen) atoms. The first-order valence-electron chi connectivity index (χ1n) is 6.65. The molecule has 0 aliphatic carbocycles. The quantitative estimate of drug-likeness (QED) is 0.520. The van der Waals surface area contributed by atoms with Crippen LogP contribution in [0.3, 0.4) is 0 Å². The van der Waals surface area contributed by atoms with Crippen molar-refractivity contribution in [2.45, 2.75) is 13.8 Å². The maximum atomic E-state index is 12.1. The molecule has 0 saturated carbocycles. The fraction of sp³-hybridized carbons (Fsp3) is 0.333. The van der Waals surface area contributed by atoms with Gasteiger partial charge < -0.3 is 14.6 Å². The molecule has 6 heteroatoms. The molecule has 0 unspecified atom stereocenters. The molecule has 0 aliphatic heterocycles. The highest BCUT2D eigenvalue weighted by molar-refractivity contribution is 9.10. The number of aromatic nitrogens is 1. The van der Waals surface area contributed by atoms with Crippen LogP contribution in [0.4, 0.5) is 5.69 Å². The molecule has 1 heterocycles. The summed E-state index contributed by atoms with van der Waals surface area (Å²) in [5.74, 6) is 0.413. The van der Waals surface area contributed by atoms with Gasteiger partial charge >= 0.3 is 5.97 Å². The van der Waals surface area contributed by atoms with E-state index in [0.717, 1.165) is 21.2 Å². The number of rotatable bonds is 3. The van der Waals surface area contributed by atoms with Gasteiger partial charge in [-0.2, -0.15) is 0 Å². The highest BCUT2D eigenvalue weighted by atomic mass is 79.9. The standard InChI is InChI=1S/C15H18BrN3O2/c1-5-21-15(20)14-13(17-9(2)19(3)4)11-8-10(16)6-7-12(11)18-14/h6-8,18H,5H2,1-4H3. The predicted molar refractivity (Wildman–Crippen MR) is 88.4 cm³/mol. The lowest BCUT2D eigenvalue weighted by Gasteiger charge is -2.11. The van der Waals surface area contributed by atoms with Crippen LogP contribution >= 0.6 is 15.9 Å². The molecule has 1 N–H and O–H groups in total. The maximum Gasteiger partial charge on any atom is 0.357 e. The summed E-state index contributed by atoms with van der Waals surface area (Å²) < 4.78 is 6.04. The van der Waals surface area contributed by atoms with Gasteiger partial charge in [0.1, 0.15) is 11.5 Å². The van der Waals surface area contributed by atoms with E-state index >= 15 is 0 Å². The van der Waals surface area contributed by atoms with E-state index in [4.69, 9.17) is 4.74 Å². The summed E-state index contributed by atoms with van der Waals surface area (Å²) in [5.41, 5.74) is 1.84. The Hall–Kier alpha value is -1.82. The molecule has 1 aromatic heterocycles. The van der Waals surface area contributed by atoms with Crippen molar-refractivity contribution >= 4 is 44.3 Å². The first-order chi connectivity index (χ1) is 9.93. The minimum atomic E-state index is -0.393. The third kappa shape index (κ3) is 3.26. The third-order valence-electron chi connectivity index (χ3n) is 3.13. The van der Waals surface area contributed by atoms with Crippen LogP contribution in [-0.2, 0) is 4.74 Å². The minimum Gasteiger partial charge on any atom is -0.461 e. The van der Waals surface area contributed by atoms with Gasteiger partial charge in [0.05, 0.1) is 6.61 Å². The van der Waals surface area contributed by atoms with E-state index in [1.165, 1.54) is 0 Å². The Balaban J connectivity index is 2.67. The zero-order valence-corrected chi connectivity index (χ0v) is 14.1. The fourth-order valence-corrected chi connectivity index (χ4v) is 2.24. The molecule has 5 nitrogen and oxygen atoms in total. The summed E-state index contributed by atoms with van der Waals surface area (Å²) >= 11 is 3.45. The van der Waals surface area contributed by atoms with Crippen molar-refractivity contribution in [3.8, 4) is 0 Å². The van der Waals surface area contributed by atoms with Gasteiger partial charge in [-0.05, 0) is 32.0 Å². The molecule has 0 radical (unpaired) electrons. The van der Waals surface area contributed by atoms with E-state index in [2.05, 4.69) is 25.9 Å². The second-order valence-corrected chi connectivity index (χ2v) is 5.73. The number of benzene rings is 1. The van der Waals surface area contributed by atoms with Crippen LogP contribution < -0.4 is 0 Å². The number of hydrogen-bond donors (Lipinski definition) is 1. The van der Waals surface area contributed by atoms with E-state index in [0.29, 0.717) is 18.0 Å². The first kappa shape index (κ1) is 15.6. The molecular formula is C15H18BrN3O2. The largest absolute Gasteiger partial charge is 0.461 e. The van der Waals surface area contributed by atoms with Crippen LogP contribution in [0, 0.1) is 0 Å². The van der Waals surface area contributed by atoms with E-state index in [1.807, 2.05) is 44.1 Å². The number of esters is 1. The first-order valence-corrected chi connectivity index (χ1v) is 7.44. The zero-order valence-electron chi connectivity index (χ0n) is 12.5. The van der Waals surface area contributed by atoms with Crippen molar-refractivity contribution in [3.63, 3.8) is 0 Å². The molecule has 0 fully saturated rings. The number of aliphatic imine (C=N–C) groups is 1. The molecule has 0 aliphatic rings. The van der Waals surface area contributed by atoms with Crippen LogP contribution in [0.5, 0.6) is 0 Å². The van der Waals surface area contributed by atoms with Crippen LogP contribution in [0.2, 0.25) is 0 Å². The summed E-state index contributed by atoms with van der Waals surface area (Å²) in [6.45, 7) is 4.00. The number of H-pyrrole nitrogens is 1. The molecular weight excluding hydrogens is 334 g/mol. The van der Waals surface area contributed by atoms with E-state index in [1.54, 1.807) is 6.92 Å². The third-order valence-corrected chi connectivity index (χ3v) is 3.63. The van der Waals surface area contributed by atoms with Crippen molar-refractivity contribution in [1.29, 1.82) is 0 Å². The Labute approximate surface area is 132 Å². The summed E-state index contributed by atoms with van der Waals surface area (Å²) in [6, 6.07) is 5.77. The number of fused-ring (bicyclic) bond motifs is 1. The molecule has 2 aromatic rings. The summed E-state index contributed by atoms with van der Waals surface area (Å²) in [5, 5.41) is 0.883. The molecule has 1 aromatic carbocycles. The average Bonchev–Trinajstić information content (AvgIpc) is 2.77. The Morgan fingerprint density at radius 2 is 2.14 bits per heavy atom. The van der Waals surface area contributed by atoms with Crippen LogP contribution in [0.15, 0.2) is 27.7 Å². The Morgan fingerprint density at radius 3 is 2.76 bits per heavy atom. The van der Waals surface area contributed by atoms with Gasteiger partial charge in [0.2, 0.25) is 0 Å². The summed E-state index contributed by atoms with van der Waals surface area (Å²) in [7, 11) is 3.82. The number of nitrogens with zero attached hydrogens (tertiary/aromatic N) is 2. The van der Waals surface area contributed by atoms with E-state index in [9.17, 15) is 4.79 Å². The number of carbonyl (C=O) groups excluding carboxylic acids is 1. The lowest BCUT2D eigenvalue weighted by Crippen LogP contribution is -2.18. The van der Waals surface area contributed by atoms with Crippen molar-refractivity contribution in [3.05, 3.63) is 28.4 Å². The molecule has 0 saturated heterocycles. The number of nitrogens with one attached hydrogen (secondary N) is 1. The van der Waals surface area contributed by atoms with E-state index < -0.39 is 5.97 Å². The number of hydrogen-bond acceptors (Lipinski definition) is 3. The Morgan fingerprint density at radius 1 is 1.43 bits per heavy atom. The Bertz CT molecular complexity index is 704. The predicted octanol–water partition coefficient (Wildman–Crippen LogP) is 3.72. The topological polar surface area (TPSA) is 57.7 Å². The lowest BCUT2D eigenvalue weighted by atomic mass is 10.2. The van der Waals surface area contributed by atoms with Gasteiger partial charge in [0, 0.05) is 29.5 Å². The highest BCUT2D eigenvalue weighted by Gasteiger charge is 2.19. The maximum absolute atomic E-state index is 12.1. The molecule has 0 spiro atoms. The van der Waals surface area contributed by atoms with Gasteiger partial charge in [-0.15, -0.1) is 0 Å². The molecule has 0 atom stereocenters. The van der Waals surface area contributed by atoms with Gasteiger partial charge in [-0.3, -0.25) is 0 Å². The Kier molecular flexibility index (Phi) is 4.67. The van der Waals surface area contributed by atoms with Crippen LogP contribution in [-0.4, -0.2) is 42.4 Å². The number of aromatic amines is 1. The number of amidine groups is 1. The lowest BCUT2D eigenvalue weighted by molar-refractivity contribution is 0.0521. The molecule has 2 rings (SSSR count). The highest BCUT2D eigenvalue weighted by Crippen LogP contribution is 2.33. The normalized spacial score (nSPS) is 11.8. The van der Waals surface area contributed by atoms with Crippen molar-refractivity contribution < 1.29 is 9.53 Å². The molecule has 0 amide bonds. The second-order valence-electron chi connectivity index (χ2n) is 4.81. The monoisotopic (exact) mass is 351 g/mol. The number of ether oxygens (including phenoxy) is 1. The van der Waals surface area contributed by atoms with Gasteiger partial charge in [0.15, 0.2) is 5.69 Å². The van der Waals surface area contributed by atoms with Gasteiger partial charge in [-0.1, -0.05) is 15.9 Å². The number of halogens is 1. The van der Waals surface area contributed by atoms with Crippen LogP contribution in [0.25, 0.3) is 10.9 Å². The summed E-state index contributed by atoms with van der Waals surface area (Å²) in [4.78, 5) is 21.7. The zero-order chi connectivity index (χ0) is 15.6. The fourth-order valence-electron chi connectivity index (χ4n) is 1.88. The van der Waals surface area contributed by atoms with Gasteiger partial charge in [-0.25, -0.2) is 9.79 Å². The number of carbonyl (C=O) groups is 1. The van der Waals surface area contributed by atoms with Crippen molar-refractivity contribution in [1.82, 2.24) is 9.88 Å². The minimum absolute atomic E-state index is 0.327.